The zero-order chi connectivity index (χ0) is 14.0. The van der Waals surface area contributed by atoms with Crippen LogP contribution in [0.4, 0.5) is 0 Å². The van der Waals surface area contributed by atoms with Crippen LogP contribution in [0.5, 0.6) is 0 Å². The van der Waals surface area contributed by atoms with Gasteiger partial charge in [0, 0.05) is 32.8 Å². The first-order valence-electron chi connectivity index (χ1n) is 7.32. The molecular formula is C16H22N2O2. The fraction of sp³-hybridized carbons (Fsp3) is 0.562. The molecule has 1 saturated carbocycles. The first-order valence-corrected chi connectivity index (χ1v) is 7.32. The van der Waals surface area contributed by atoms with E-state index in [1.165, 1.54) is 5.56 Å². The van der Waals surface area contributed by atoms with E-state index in [9.17, 15) is 4.79 Å². The second-order valence-electron chi connectivity index (χ2n) is 5.88. The predicted molar refractivity (Wildman–Crippen MR) is 77.3 cm³/mol. The summed E-state index contributed by atoms with van der Waals surface area (Å²) in [5, 5.41) is 3.50. The molecule has 4 heteroatoms. The quantitative estimate of drug-likeness (QED) is 0.906. The van der Waals surface area contributed by atoms with Crippen molar-refractivity contribution in [3.05, 3.63) is 35.9 Å². The van der Waals surface area contributed by atoms with Gasteiger partial charge in [0.05, 0.1) is 12.0 Å². The van der Waals surface area contributed by atoms with E-state index in [-0.39, 0.29) is 17.4 Å². The summed E-state index contributed by atoms with van der Waals surface area (Å²) >= 11 is 0. The van der Waals surface area contributed by atoms with Gasteiger partial charge in [-0.1, -0.05) is 30.3 Å². The smallest absolute Gasteiger partial charge is 0.231 e. The molecule has 3 rings (SSSR count). The third-order valence-electron chi connectivity index (χ3n) is 4.39. The van der Waals surface area contributed by atoms with Crippen LogP contribution < -0.4 is 5.32 Å². The summed E-state index contributed by atoms with van der Waals surface area (Å²) in [5.41, 5.74) is 1.04. The first-order chi connectivity index (χ1) is 9.75. The molecule has 2 aliphatic rings. The predicted octanol–water partition coefficient (Wildman–Crippen LogP) is 1.59. The molecule has 0 aromatic heterocycles. The molecule has 1 amide bonds. The summed E-state index contributed by atoms with van der Waals surface area (Å²) in [6, 6.07) is 10.6. The highest BCUT2D eigenvalue weighted by molar-refractivity contribution is 5.85. The van der Waals surface area contributed by atoms with Gasteiger partial charge in [0.1, 0.15) is 0 Å². The van der Waals surface area contributed by atoms with Crippen molar-refractivity contribution in [3.8, 4) is 0 Å². The summed E-state index contributed by atoms with van der Waals surface area (Å²) in [5.74, 6) is 0.279. The molecule has 1 heterocycles. The van der Waals surface area contributed by atoms with Crippen molar-refractivity contribution in [2.75, 3.05) is 33.4 Å². The van der Waals surface area contributed by atoms with Gasteiger partial charge in [-0.15, -0.1) is 0 Å². The maximum absolute atomic E-state index is 12.7. The van der Waals surface area contributed by atoms with Crippen LogP contribution >= 0.6 is 0 Å². The van der Waals surface area contributed by atoms with E-state index in [2.05, 4.69) is 17.4 Å². The first kappa shape index (κ1) is 13.6. The fourth-order valence-electron chi connectivity index (χ4n) is 3.03. The lowest BCUT2D eigenvalue weighted by atomic mass is 10.0. The Morgan fingerprint density at radius 3 is 2.80 bits per heavy atom. The number of hydrogen-bond donors (Lipinski definition) is 1. The van der Waals surface area contributed by atoms with Gasteiger partial charge in [0.25, 0.3) is 0 Å². The van der Waals surface area contributed by atoms with Crippen molar-refractivity contribution in [2.24, 2.45) is 5.41 Å². The van der Waals surface area contributed by atoms with Crippen molar-refractivity contribution in [3.63, 3.8) is 0 Å². The molecule has 1 unspecified atom stereocenters. The van der Waals surface area contributed by atoms with Gasteiger partial charge in [-0.25, -0.2) is 0 Å². The van der Waals surface area contributed by atoms with E-state index in [1.807, 2.05) is 23.1 Å². The maximum Gasteiger partial charge on any atom is 0.231 e. The van der Waals surface area contributed by atoms with Crippen LogP contribution in [0.15, 0.2) is 30.3 Å². The summed E-state index contributed by atoms with van der Waals surface area (Å²) in [6.45, 7) is 2.97. The molecule has 20 heavy (non-hydrogen) atoms. The van der Waals surface area contributed by atoms with Gasteiger partial charge < -0.3 is 15.0 Å². The van der Waals surface area contributed by atoms with Crippen LogP contribution in [0.2, 0.25) is 0 Å². The highest BCUT2D eigenvalue weighted by Crippen LogP contribution is 2.47. The third kappa shape index (κ3) is 2.58. The zero-order valence-electron chi connectivity index (χ0n) is 12.0. The molecule has 1 aliphatic carbocycles. The Kier molecular flexibility index (Phi) is 3.76. The number of piperazine rings is 1. The summed E-state index contributed by atoms with van der Waals surface area (Å²) in [7, 11) is 1.68. The monoisotopic (exact) mass is 274 g/mol. The second-order valence-corrected chi connectivity index (χ2v) is 5.88. The average Bonchev–Trinajstić information content (AvgIpc) is 3.29. The van der Waals surface area contributed by atoms with Crippen LogP contribution in [-0.2, 0) is 9.53 Å². The molecule has 0 bridgehead atoms. The Hall–Kier alpha value is -1.39. The van der Waals surface area contributed by atoms with Crippen molar-refractivity contribution in [1.82, 2.24) is 10.2 Å². The minimum Gasteiger partial charge on any atom is -0.384 e. The van der Waals surface area contributed by atoms with E-state index < -0.39 is 0 Å². The topological polar surface area (TPSA) is 41.6 Å². The van der Waals surface area contributed by atoms with Crippen molar-refractivity contribution in [2.45, 2.75) is 18.9 Å². The molecule has 108 valence electrons. The lowest BCUT2D eigenvalue weighted by Crippen LogP contribution is -2.51. The van der Waals surface area contributed by atoms with Crippen molar-refractivity contribution >= 4 is 5.91 Å². The van der Waals surface area contributed by atoms with Crippen molar-refractivity contribution in [1.29, 1.82) is 0 Å². The molecule has 1 aliphatic heterocycles. The van der Waals surface area contributed by atoms with Gasteiger partial charge in [0.15, 0.2) is 0 Å². The van der Waals surface area contributed by atoms with Crippen molar-refractivity contribution < 1.29 is 9.53 Å². The number of amides is 1. The summed E-state index contributed by atoms with van der Waals surface area (Å²) < 4.78 is 5.23. The molecule has 2 fully saturated rings. The number of ether oxygens (including phenoxy) is 1. The lowest BCUT2D eigenvalue weighted by Gasteiger charge is -2.36. The zero-order valence-corrected chi connectivity index (χ0v) is 12.0. The third-order valence-corrected chi connectivity index (χ3v) is 4.39. The number of carbonyl (C=O) groups is 1. The molecular weight excluding hydrogens is 252 g/mol. The Morgan fingerprint density at radius 1 is 1.40 bits per heavy atom. The van der Waals surface area contributed by atoms with E-state index in [4.69, 9.17) is 4.74 Å². The largest absolute Gasteiger partial charge is 0.384 e. The van der Waals surface area contributed by atoms with E-state index >= 15 is 0 Å². The molecule has 1 saturated heterocycles. The van der Waals surface area contributed by atoms with E-state index in [0.717, 1.165) is 32.5 Å². The number of methoxy groups -OCH3 is 1. The maximum atomic E-state index is 12.7. The highest BCUT2D eigenvalue weighted by atomic mass is 16.5. The number of nitrogens with one attached hydrogen (secondary N) is 1. The summed E-state index contributed by atoms with van der Waals surface area (Å²) in [6.07, 6.45) is 1.94. The standard InChI is InChI=1S/C16H22N2O2/c1-20-12-16(7-8-16)15(19)18-10-9-17-14(11-18)13-5-3-2-4-6-13/h2-6,14,17H,7-12H2,1H3. The number of benzene rings is 1. The van der Waals surface area contributed by atoms with Gasteiger partial charge in [-0.2, -0.15) is 0 Å². The SMILES string of the molecule is COCC1(C(=O)N2CCNC(c3ccccc3)C2)CC1. The molecule has 1 aromatic rings. The Morgan fingerprint density at radius 2 is 2.15 bits per heavy atom. The number of hydrogen-bond acceptors (Lipinski definition) is 3. The number of nitrogens with zero attached hydrogens (tertiary/aromatic N) is 1. The molecule has 1 N–H and O–H groups in total. The Bertz CT molecular complexity index is 471. The molecule has 1 aromatic carbocycles. The Balaban J connectivity index is 1.68. The van der Waals surface area contributed by atoms with Gasteiger partial charge in [0.2, 0.25) is 5.91 Å². The fourth-order valence-corrected chi connectivity index (χ4v) is 3.03. The number of rotatable bonds is 4. The second kappa shape index (κ2) is 5.54. The van der Waals surface area contributed by atoms with Gasteiger partial charge >= 0.3 is 0 Å². The normalized spacial score (nSPS) is 24.4. The van der Waals surface area contributed by atoms with E-state index in [0.29, 0.717) is 6.61 Å². The number of carbonyl (C=O) groups excluding carboxylic acids is 1. The minimum absolute atomic E-state index is 0.215. The molecule has 1 atom stereocenters. The van der Waals surface area contributed by atoms with E-state index in [1.54, 1.807) is 7.11 Å². The molecule has 0 spiro atoms. The lowest BCUT2D eigenvalue weighted by molar-refractivity contribution is -0.140. The van der Waals surface area contributed by atoms with Crippen LogP contribution in [0.1, 0.15) is 24.4 Å². The van der Waals surface area contributed by atoms with Crippen LogP contribution in [0, 0.1) is 5.41 Å². The van der Waals surface area contributed by atoms with Crippen LogP contribution in [-0.4, -0.2) is 44.2 Å². The Labute approximate surface area is 120 Å². The molecule has 4 nitrogen and oxygen atoms in total. The average molecular weight is 274 g/mol. The minimum atomic E-state index is -0.215. The highest BCUT2D eigenvalue weighted by Gasteiger charge is 2.52. The van der Waals surface area contributed by atoms with Crippen LogP contribution in [0.3, 0.4) is 0 Å². The molecule has 0 radical (unpaired) electrons. The van der Waals surface area contributed by atoms with Gasteiger partial charge in [-0.05, 0) is 18.4 Å². The summed E-state index contributed by atoms with van der Waals surface area (Å²) in [4.78, 5) is 14.7. The van der Waals surface area contributed by atoms with Crippen LogP contribution in [0.25, 0.3) is 0 Å². The van der Waals surface area contributed by atoms with Gasteiger partial charge in [-0.3, -0.25) is 4.79 Å².